The summed E-state index contributed by atoms with van der Waals surface area (Å²) in [6.07, 6.45) is -4.81. The fourth-order valence-corrected chi connectivity index (χ4v) is 8.73. The summed E-state index contributed by atoms with van der Waals surface area (Å²) in [5.74, 6) is -3.99. The first kappa shape index (κ1) is 32.1. The van der Waals surface area contributed by atoms with E-state index < -0.39 is 57.1 Å². The lowest BCUT2D eigenvalue weighted by molar-refractivity contribution is -0.137. The molecule has 1 N–H and O–H groups in total. The predicted octanol–water partition coefficient (Wildman–Crippen LogP) is 7.31. The Bertz CT molecular complexity index is 1910. The molecule has 0 radical (unpaired) electrons. The molecule has 13 heteroatoms. The number of aromatic nitrogens is 1. The van der Waals surface area contributed by atoms with Gasteiger partial charge in [-0.3, -0.25) is 23.7 Å². The van der Waals surface area contributed by atoms with E-state index in [1.54, 1.807) is 24.3 Å². The van der Waals surface area contributed by atoms with Crippen LogP contribution in [0.25, 0.3) is 0 Å². The van der Waals surface area contributed by atoms with E-state index in [0.29, 0.717) is 31.1 Å². The van der Waals surface area contributed by atoms with Gasteiger partial charge >= 0.3 is 11.0 Å². The average Bonchev–Trinajstić information content (AvgIpc) is 3.43. The van der Waals surface area contributed by atoms with Gasteiger partial charge in [-0.2, -0.15) is 13.2 Å². The van der Waals surface area contributed by atoms with Gasteiger partial charge in [0.05, 0.1) is 22.2 Å². The molecule has 2 aliphatic rings. The summed E-state index contributed by atoms with van der Waals surface area (Å²) in [5.41, 5.74) is 0.291. The van der Waals surface area contributed by atoms with Gasteiger partial charge in [0, 0.05) is 21.5 Å². The number of benzene rings is 3. The molecule has 46 heavy (non-hydrogen) atoms. The summed E-state index contributed by atoms with van der Waals surface area (Å²) in [7, 11) is 0. The number of nitrogens with one attached hydrogen (secondary N) is 1. The number of thiazole rings is 1. The van der Waals surface area contributed by atoms with Crippen LogP contribution in [0.4, 0.5) is 24.5 Å². The van der Waals surface area contributed by atoms with Gasteiger partial charge in [-0.05, 0) is 52.9 Å². The molecule has 0 saturated carbocycles. The maximum Gasteiger partial charge on any atom is 0.418 e. The smallest absolute Gasteiger partial charge is 0.325 e. The molecule has 0 unspecified atom stereocenters. The summed E-state index contributed by atoms with van der Waals surface area (Å²) >= 11 is 7.74. The standard InChI is InChI=1S/C33H27ClF3N3O4S2/c1-32(2,3)18-10-8-17(9-11-18)24-25-26(29(43)40(28(25)42)22-7-5-4-6-21(22)33(35,36)37)45-30-27(24)46-31(44)39(30)16-23(41)38-20-14-12-19(34)13-15-20/h4-15,24-26H,16H2,1-3H3,(H,38,41)/t24-,25-,26+/m0/s1. The maximum absolute atomic E-state index is 14.1. The van der Waals surface area contributed by atoms with E-state index in [1.165, 1.54) is 16.7 Å². The summed E-state index contributed by atoms with van der Waals surface area (Å²) in [4.78, 5) is 55.2. The Kier molecular flexibility index (Phi) is 8.19. The molecule has 3 heterocycles. The molecule has 1 fully saturated rings. The molecule has 3 aromatic carbocycles. The van der Waals surface area contributed by atoms with Crippen LogP contribution in [0.3, 0.4) is 0 Å². The van der Waals surface area contributed by atoms with E-state index in [2.05, 4.69) is 5.32 Å². The SMILES string of the molecule is CC(C)(C)c1ccc([C@@H]2c3sc(=O)n(CC(=O)Nc4ccc(Cl)cc4)c3S[C@H]3C(=O)N(c4ccccc4C(F)(F)F)C(=O)[C@@H]23)cc1. The number of alkyl halides is 3. The fourth-order valence-electron chi connectivity index (χ4n) is 5.83. The zero-order valence-electron chi connectivity index (χ0n) is 24.7. The Balaban J connectivity index is 1.44. The van der Waals surface area contributed by atoms with E-state index in [-0.39, 0.29) is 12.0 Å². The van der Waals surface area contributed by atoms with Gasteiger partial charge in [0.25, 0.3) is 0 Å². The Hall–Kier alpha value is -3.87. The number of halogens is 4. The van der Waals surface area contributed by atoms with Crippen LogP contribution in [0.2, 0.25) is 5.02 Å². The van der Waals surface area contributed by atoms with Crippen LogP contribution in [0.1, 0.15) is 48.3 Å². The Morgan fingerprint density at radius 1 is 0.913 bits per heavy atom. The highest BCUT2D eigenvalue weighted by Gasteiger charge is 2.57. The molecule has 4 aromatic rings. The van der Waals surface area contributed by atoms with Gasteiger partial charge in [0.15, 0.2) is 0 Å². The normalized spacial score (nSPS) is 19.6. The summed E-state index contributed by atoms with van der Waals surface area (Å²) in [5, 5.41) is 2.40. The number of carbonyl (C=O) groups excluding carboxylic acids is 3. The van der Waals surface area contributed by atoms with E-state index in [4.69, 9.17) is 11.6 Å². The lowest BCUT2D eigenvalue weighted by Crippen LogP contribution is -2.33. The van der Waals surface area contributed by atoms with Gasteiger partial charge in [-0.1, -0.05) is 91.9 Å². The molecule has 3 amide bonds. The fraction of sp³-hybridized carbons (Fsp3) is 0.273. The number of imide groups is 1. The van der Waals surface area contributed by atoms with Crippen LogP contribution in [0, 0.1) is 5.92 Å². The number of rotatable bonds is 5. The number of hydrogen-bond acceptors (Lipinski definition) is 6. The number of anilines is 2. The molecule has 0 aliphatic carbocycles. The van der Waals surface area contributed by atoms with Crippen molar-refractivity contribution in [2.75, 3.05) is 10.2 Å². The van der Waals surface area contributed by atoms with Crippen LogP contribution < -0.4 is 15.1 Å². The van der Waals surface area contributed by atoms with Crippen molar-refractivity contribution in [3.05, 3.63) is 109 Å². The molecule has 2 aliphatic heterocycles. The van der Waals surface area contributed by atoms with Crippen molar-refractivity contribution in [3.63, 3.8) is 0 Å². The monoisotopic (exact) mass is 685 g/mol. The van der Waals surface area contributed by atoms with Crippen molar-refractivity contribution in [2.24, 2.45) is 5.92 Å². The highest BCUT2D eigenvalue weighted by molar-refractivity contribution is 8.00. The third kappa shape index (κ3) is 5.78. The quantitative estimate of drug-likeness (QED) is 0.223. The minimum atomic E-state index is -4.81. The molecular formula is C33H27ClF3N3O4S2. The number of carbonyl (C=O) groups is 3. The Morgan fingerprint density at radius 2 is 1.57 bits per heavy atom. The zero-order chi connectivity index (χ0) is 33.1. The van der Waals surface area contributed by atoms with Crippen LogP contribution in [0.5, 0.6) is 0 Å². The van der Waals surface area contributed by atoms with Crippen LogP contribution in [-0.2, 0) is 32.5 Å². The molecule has 7 nitrogen and oxygen atoms in total. The lowest BCUT2D eigenvalue weighted by Gasteiger charge is -2.31. The molecule has 1 saturated heterocycles. The van der Waals surface area contributed by atoms with E-state index in [0.717, 1.165) is 40.8 Å². The van der Waals surface area contributed by atoms with E-state index >= 15 is 0 Å². The molecule has 238 valence electrons. The molecule has 3 atom stereocenters. The minimum absolute atomic E-state index is 0.183. The predicted molar refractivity (Wildman–Crippen MR) is 173 cm³/mol. The highest BCUT2D eigenvalue weighted by atomic mass is 35.5. The second-order valence-electron chi connectivity index (χ2n) is 12.1. The van der Waals surface area contributed by atoms with Crippen LogP contribution in [-0.4, -0.2) is 27.5 Å². The number of fused-ring (bicyclic) bond motifs is 2. The molecular weight excluding hydrogens is 659 g/mol. The molecule has 6 rings (SSSR count). The first-order valence-corrected chi connectivity index (χ1v) is 16.3. The summed E-state index contributed by atoms with van der Waals surface area (Å²) in [6.45, 7) is 5.76. The van der Waals surface area contributed by atoms with Crippen LogP contribution in [0.15, 0.2) is 82.6 Å². The number of thioether (sulfide) groups is 1. The Labute approximate surface area is 275 Å². The van der Waals surface area contributed by atoms with Crippen molar-refractivity contribution in [2.45, 2.75) is 55.1 Å². The third-order valence-electron chi connectivity index (χ3n) is 8.07. The number of hydrogen-bond donors (Lipinski definition) is 1. The van der Waals surface area contributed by atoms with Crippen molar-refractivity contribution in [3.8, 4) is 0 Å². The van der Waals surface area contributed by atoms with Gasteiger partial charge in [-0.25, -0.2) is 4.90 Å². The van der Waals surface area contributed by atoms with E-state index in [1.807, 2.05) is 45.0 Å². The topological polar surface area (TPSA) is 88.5 Å². The average molecular weight is 686 g/mol. The number of amides is 3. The molecule has 0 spiro atoms. The largest absolute Gasteiger partial charge is 0.418 e. The maximum atomic E-state index is 14.1. The first-order chi connectivity index (χ1) is 21.6. The van der Waals surface area contributed by atoms with Crippen molar-refractivity contribution in [1.29, 1.82) is 0 Å². The Morgan fingerprint density at radius 3 is 2.20 bits per heavy atom. The van der Waals surface area contributed by atoms with Gasteiger partial charge in [0.1, 0.15) is 11.8 Å². The number of para-hydroxylation sites is 1. The van der Waals surface area contributed by atoms with E-state index in [9.17, 15) is 32.3 Å². The molecule has 1 aromatic heterocycles. The summed E-state index contributed by atoms with van der Waals surface area (Å²) < 4.78 is 43.3. The van der Waals surface area contributed by atoms with Gasteiger partial charge in [0.2, 0.25) is 17.7 Å². The van der Waals surface area contributed by atoms with Gasteiger partial charge in [-0.15, -0.1) is 0 Å². The first-order valence-electron chi connectivity index (χ1n) is 14.2. The second kappa shape index (κ2) is 11.7. The lowest BCUT2D eigenvalue weighted by atomic mass is 9.81. The summed E-state index contributed by atoms with van der Waals surface area (Å²) in [6, 6.07) is 18.4. The number of nitrogens with zero attached hydrogens (tertiary/aromatic N) is 2. The van der Waals surface area contributed by atoms with Crippen molar-refractivity contribution < 1.29 is 27.6 Å². The van der Waals surface area contributed by atoms with Gasteiger partial charge < -0.3 is 5.32 Å². The van der Waals surface area contributed by atoms with Crippen molar-refractivity contribution >= 4 is 63.8 Å². The zero-order valence-corrected chi connectivity index (χ0v) is 27.1. The van der Waals surface area contributed by atoms with Crippen molar-refractivity contribution in [1.82, 2.24) is 4.57 Å². The second-order valence-corrected chi connectivity index (χ2v) is 14.7. The minimum Gasteiger partial charge on any atom is -0.325 e. The highest BCUT2D eigenvalue weighted by Crippen LogP contribution is 2.54. The molecule has 0 bridgehead atoms. The van der Waals surface area contributed by atoms with Crippen LogP contribution >= 0.6 is 34.7 Å². The third-order valence-corrected chi connectivity index (χ3v) is 10.9.